The van der Waals surface area contributed by atoms with E-state index in [1.807, 2.05) is 12.1 Å². The summed E-state index contributed by atoms with van der Waals surface area (Å²) in [5.41, 5.74) is 1.30. The number of nitrogens with zero attached hydrogens (tertiary/aromatic N) is 1. The van der Waals surface area contributed by atoms with Gasteiger partial charge in [0, 0.05) is 18.6 Å². The second kappa shape index (κ2) is 5.14. The predicted molar refractivity (Wildman–Crippen MR) is 75.1 cm³/mol. The van der Waals surface area contributed by atoms with Gasteiger partial charge in [0.15, 0.2) is 0 Å². The van der Waals surface area contributed by atoms with Crippen LogP contribution in [-0.2, 0) is 6.54 Å². The lowest BCUT2D eigenvalue weighted by Gasteiger charge is -2.57. The molecule has 2 saturated heterocycles. The van der Waals surface area contributed by atoms with Gasteiger partial charge >= 0.3 is 0 Å². The van der Waals surface area contributed by atoms with E-state index in [9.17, 15) is 5.11 Å². The van der Waals surface area contributed by atoms with Crippen molar-refractivity contribution in [1.82, 2.24) is 4.90 Å². The summed E-state index contributed by atoms with van der Waals surface area (Å²) in [5, 5.41) is 9.67. The fourth-order valence-electron chi connectivity index (χ4n) is 3.68. The molecule has 0 amide bonds. The van der Waals surface area contributed by atoms with Crippen molar-refractivity contribution in [2.24, 2.45) is 11.8 Å². The first-order valence-electron chi connectivity index (χ1n) is 7.22. The third-order valence-corrected chi connectivity index (χ3v) is 5.11. The molecule has 19 heavy (non-hydrogen) atoms. The van der Waals surface area contributed by atoms with Crippen LogP contribution in [0.15, 0.2) is 24.3 Å². The number of benzene rings is 1. The van der Waals surface area contributed by atoms with E-state index in [1.165, 1.54) is 18.4 Å². The first-order valence-corrected chi connectivity index (χ1v) is 7.22. The van der Waals surface area contributed by atoms with Crippen molar-refractivity contribution in [3.63, 3.8) is 0 Å². The Morgan fingerprint density at radius 1 is 1.26 bits per heavy atom. The molecule has 1 aromatic carbocycles. The molecule has 3 heteroatoms. The molecule has 1 N–H and O–H groups in total. The predicted octanol–water partition coefficient (Wildman–Crippen LogP) is 2.29. The molecular formula is C16H23NO2. The molecule has 3 aliphatic rings. The third kappa shape index (κ3) is 2.26. The molecule has 4 rings (SSSR count). The van der Waals surface area contributed by atoms with Gasteiger partial charge in [-0.3, -0.25) is 4.90 Å². The highest BCUT2D eigenvalue weighted by Gasteiger charge is 2.48. The Bertz CT molecular complexity index is 425. The molecule has 0 spiro atoms. The first-order chi connectivity index (χ1) is 9.22. The molecular weight excluding hydrogens is 238 g/mol. The average Bonchev–Trinajstić information content (AvgIpc) is 2.38. The van der Waals surface area contributed by atoms with Gasteiger partial charge in [0.1, 0.15) is 5.75 Å². The Morgan fingerprint density at radius 2 is 1.95 bits per heavy atom. The van der Waals surface area contributed by atoms with Gasteiger partial charge in [-0.25, -0.2) is 0 Å². The minimum absolute atomic E-state index is 0.282. The number of rotatable bonds is 4. The number of aliphatic hydroxyl groups excluding tert-OH is 1. The minimum atomic E-state index is 0.282. The van der Waals surface area contributed by atoms with Gasteiger partial charge in [0.05, 0.1) is 13.7 Å². The zero-order valence-electron chi connectivity index (χ0n) is 11.7. The second-order valence-electron chi connectivity index (χ2n) is 6.01. The van der Waals surface area contributed by atoms with E-state index in [4.69, 9.17) is 4.74 Å². The highest BCUT2D eigenvalue weighted by molar-refractivity contribution is 5.27. The van der Waals surface area contributed by atoms with Crippen LogP contribution in [0.1, 0.15) is 25.3 Å². The number of methoxy groups -OCH3 is 1. The van der Waals surface area contributed by atoms with Gasteiger partial charge in [0.25, 0.3) is 0 Å². The zero-order valence-corrected chi connectivity index (χ0v) is 11.7. The Balaban J connectivity index is 1.73. The summed E-state index contributed by atoms with van der Waals surface area (Å²) in [6.45, 7) is 3.52. The van der Waals surface area contributed by atoms with Gasteiger partial charge < -0.3 is 9.84 Å². The van der Waals surface area contributed by atoms with Crippen molar-refractivity contribution in [2.45, 2.75) is 38.4 Å². The van der Waals surface area contributed by atoms with Crippen molar-refractivity contribution < 1.29 is 9.84 Å². The molecule has 1 saturated carbocycles. The summed E-state index contributed by atoms with van der Waals surface area (Å²) in [6.07, 6.45) is 2.63. The quantitative estimate of drug-likeness (QED) is 0.902. The number of hydrogen-bond donors (Lipinski definition) is 1. The van der Waals surface area contributed by atoms with Gasteiger partial charge in [-0.05, 0) is 42.4 Å². The molecule has 2 heterocycles. The molecule has 3 nitrogen and oxygen atoms in total. The van der Waals surface area contributed by atoms with Crippen LogP contribution < -0.4 is 4.74 Å². The van der Waals surface area contributed by atoms with Crippen LogP contribution >= 0.6 is 0 Å². The summed E-state index contributed by atoms with van der Waals surface area (Å²) in [7, 11) is 1.69. The summed E-state index contributed by atoms with van der Waals surface area (Å²) in [6, 6.07) is 9.30. The smallest absolute Gasteiger partial charge is 0.118 e. The average molecular weight is 261 g/mol. The SMILES string of the molecule is COc1ccc(CN2C3CC(C3)[C@H](C)[C@H]2CO)cc1. The summed E-state index contributed by atoms with van der Waals surface area (Å²) < 4.78 is 5.19. The van der Waals surface area contributed by atoms with Gasteiger partial charge in [-0.1, -0.05) is 19.1 Å². The van der Waals surface area contributed by atoms with Crippen molar-refractivity contribution >= 4 is 0 Å². The van der Waals surface area contributed by atoms with E-state index in [0.717, 1.165) is 18.2 Å². The van der Waals surface area contributed by atoms with E-state index >= 15 is 0 Å². The van der Waals surface area contributed by atoms with E-state index in [-0.39, 0.29) is 6.61 Å². The number of aliphatic hydroxyl groups is 1. The fourth-order valence-corrected chi connectivity index (χ4v) is 3.68. The first kappa shape index (κ1) is 12.9. The highest BCUT2D eigenvalue weighted by atomic mass is 16.5. The van der Waals surface area contributed by atoms with Crippen molar-refractivity contribution in [3.05, 3.63) is 29.8 Å². The van der Waals surface area contributed by atoms with Crippen LogP contribution in [0, 0.1) is 11.8 Å². The standard InChI is InChI=1S/C16H23NO2/c1-11-13-7-14(8-13)17(16(11)10-18)9-12-3-5-15(19-2)6-4-12/h3-6,11,13-14,16,18H,7-10H2,1-2H3/t11-,13?,14?,16+/m0/s1. The number of hydrogen-bond acceptors (Lipinski definition) is 3. The summed E-state index contributed by atoms with van der Waals surface area (Å²) in [4.78, 5) is 2.51. The molecule has 3 fully saturated rings. The van der Waals surface area contributed by atoms with Gasteiger partial charge in [-0.2, -0.15) is 0 Å². The topological polar surface area (TPSA) is 32.7 Å². The van der Waals surface area contributed by atoms with Crippen LogP contribution in [0.25, 0.3) is 0 Å². The Kier molecular flexibility index (Phi) is 3.50. The molecule has 0 radical (unpaired) electrons. The maximum Gasteiger partial charge on any atom is 0.118 e. The summed E-state index contributed by atoms with van der Waals surface area (Å²) in [5.74, 6) is 2.36. The lowest BCUT2D eigenvalue weighted by molar-refractivity contribution is -0.0955. The highest BCUT2D eigenvalue weighted by Crippen LogP contribution is 2.46. The van der Waals surface area contributed by atoms with Crippen LogP contribution in [0.5, 0.6) is 5.75 Å². The summed E-state index contributed by atoms with van der Waals surface area (Å²) >= 11 is 0. The zero-order chi connectivity index (χ0) is 13.4. The lowest BCUT2D eigenvalue weighted by atomic mass is 9.65. The Labute approximate surface area is 115 Å². The van der Waals surface area contributed by atoms with Crippen LogP contribution in [0.2, 0.25) is 0 Å². The monoisotopic (exact) mass is 261 g/mol. The van der Waals surface area contributed by atoms with Crippen molar-refractivity contribution in [2.75, 3.05) is 13.7 Å². The number of piperidine rings is 2. The number of ether oxygens (including phenoxy) is 1. The van der Waals surface area contributed by atoms with E-state index in [0.29, 0.717) is 18.0 Å². The van der Waals surface area contributed by atoms with Gasteiger partial charge in [0.2, 0.25) is 0 Å². The molecule has 1 aromatic rings. The van der Waals surface area contributed by atoms with Crippen LogP contribution in [0.4, 0.5) is 0 Å². The van der Waals surface area contributed by atoms with E-state index in [1.54, 1.807) is 7.11 Å². The maximum absolute atomic E-state index is 9.67. The Morgan fingerprint density at radius 3 is 2.53 bits per heavy atom. The van der Waals surface area contributed by atoms with E-state index in [2.05, 4.69) is 24.0 Å². The maximum atomic E-state index is 9.67. The number of fused-ring (bicyclic) bond motifs is 2. The largest absolute Gasteiger partial charge is 0.497 e. The molecule has 1 aliphatic carbocycles. The molecule has 0 aromatic heterocycles. The second-order valence-corrected chi connectivity index (χ2v) is 6.01. The lowest BCUT2D eigenvalue weighted by Crippen LogP contribution is -2.61. The van der Waals surface area contributed by atoms with Gasteiger partial charge in [-0.15, -0.1) is 0 Å². The minimum Gasteiger partial charge on any atom is -0.497 e. The molecule has 2 atom stereocenters. The fraction of sp³-hybridized carbons (Fsp3) is 0.625. The molecule has 0 unspecified atom stereocenters. The van der Waals surface area contributed by atoms with Crippen LogP contribution in [-0.4, -0.2) is 35.8 Å². The van der Waals surface area contributed by atoms with Crippen molar-refractivity contribution in [3.8, 4) is 5.75 Å². The van der Waals surface area contributed by atoms with Crippen molar-refractivity contribution in [1.29, 1.82) is 0 Å². The van der Waals surface area contributed by atoms with Crippen LogP contribution in [0.3, 0.4) is 0 Å². The Hall–Kier alpha value is -1.06. The molecule has 2 aliphatic heterocycles. The molecule has 104 valence electrons. The third-order valence-electron chi connectivity index (χ3n) is 5.11. The van der Waals surface area contributed by atoms with E-state index < -0.39 is 0 Å². The normalized spacial score (nSPS) is 33.8. The molecule has 2 bridgehead atoms.